The number of halogens is 2. The molecular weight excluding hydrogens is 288 g/mol. The lowest BCUT2D eigenvalue weighted by molar-refractivity contribution is 0.0257. The van der Waals surface area contributed by atoms with Gasteiger partial charge >= 0.3 is 0 Å². The number of methoxy groups -OCH3 is 1. The molecule has 0 radical (unpaired) electrons. The third-order valence-corrected chi connectivity index (χ3v) is 3.78. The van der Waals surface area contributed by atoms with Crippen LogP contribution in [-0.4, -0.2) is 31.1 Å². The SMILES string of the molecule is COc1cc(-c2ccccc2)c(N)c(N2CCC(F)(F)C2)n1. The van der Waals surface area contributed by atoms with Crippen molar-refractivity contribution < 1.29 is 13.5 Å². The van der Waals surface area contributed by atoms with Crippen molar-refractivity contribution in [1.29, 1.82) is 0 Å². The van der Waals surface area contributed by atoms with Gasteiger partial charge in [0.15, 0.2) is 5.82 Å². The standard InChI is InChI=1S/C16H17F2N3O/c1-22-13-9-12(11-5-3-2-4-6-11)14(19)15(20-13)21-8-7-16(17,18)10-21/h2-6,9H,7-8,10,19H2,1H3. The number of hydrogen-bond acceptors (Lipinski definition) is 4. The quantitative estimate of drug-likeness (QED) is 0.946. The highest BCUT2D eigenvalue weighted by molar-refractivity contribution is 5.85. The summed E-state index contributed by atoms with van der Waals surface area (Å²) in [5, 5.41) is 0. The molecule has 4 nitrogen and oxygen atoms in total. The summed E-state index contributed by atoms with van der Waals surface area (Å²) in [5.74, 6) is -1.99. The first-order valence-corrected chi connectivity index (χ1v) is 7.03. The number of alkyl halides is 2. The molecule has 1 fully saturated rings. The first-order valence-electron chi connectivity index (χ1n) is 7.03. The van der Waals surface area contributed by atoms with Crippen LogP contribution in [0.2, 0.25) is 0 Å². The van der Waals surface area contributed by atoms with Crippen molar-refractivity contribution in [3.63, 3.8) is 0 Å². The van der Waals surface area contributed by atoms with E-state index in [1.54, 1.807) is 6.07 Å². The maximum atomic E-state index is 13.5. The minimum Gasteiger partial charge on any atom is -0.481 e. The number of nitrogens with zero attached hydrogens (tertiary/aromatic N) is 2. The molecule has 22 heavy (non-hydrogen) atoms. The molecule has 3 rings (SSSR count). The number of anilines is 2. The molecule has 0 unspecified atom stereocenters. The zero-order valence-corrected chi connectivity index (χ0v) is 12.2. The summed E-state index contributed by atoms with van der Waals surface area (Å²) in [6, 6.07) is 11.2. The Bertz CT molecular complexity index is 677. The van der Waals surface area contributed by atoms with Crippen molar-refractivity contribution >= 4 is 11.5 Å². The molecule has 0 saturated carbocycles. The first kappa shape index (κ1) is 14.6. The van der Waals surface area contributed by atoms with Crippen molar-refractivity contribution in [2.45, 2.75) is 12.3 Å². The predicted molar refractivity (Wildman–Crippen MR) is 82.4 cm³/mol. The number of benzene rings is 1. The number of pyridine rings is 1. The number of hydrogen-bond donors (Lipinski definition) is 1. The predicted octanol–water partition coefficient (Wildman–Crippen LogP) is 3.18. The van der Waals surface area contributed by atoms with Crippen LogP contribution in [0, 0.1) is 0 Å². The maximum absolute atomic E-state index is 13.5. The molecule has 1 saturated heterocycles. The molecular formula is C16H17F2N3O. The van der Waals surface area contributed by atoms with Crippen molar-refractivity contribution in [3.8, 4) is 17.0 Å². The van der Waals surface area contributed by atoms with E-state index in [4.69, 9.17) is 10.5 Å². The number of nitrogens with two attached hydrogens (primary N) is 1. The minimum atomic E-state index is -2.70. The molecule has 6 heteroatoms. The van der Waals surface area contributed by atoms with Crippen molar-refractivity contribution in [2.24, 2.45) is 0 Å². The second-order valence-electron chi connectivity index (χ2n) is 5.34. The van der Waals surface area contributed by atoms with Crippen LogP contribution in [0.1, 0.15) is 6.42 Å². The Balaban J connectivity index is 2.07. The molecule has 2 heterocycles. The van der Waals surface area contributed by atoms with Gasteiger partial charge in [-0.15, -0.1) is 0 Å². The Kier molecular flexibility index (Phi) is 3.60. The van der Waals surface area contributed by atoms with E-state index in [9.17, 15) is 8.78 Å². The number of ether oxygens (including phenoxy) is 1. The van der Waals surface area contributed by atoms with Gasteiger partial charge in [-0.2, -0.15) is 4.98 Å². The zero-order chi connectivity index (χ0) is 15.7. The fourth-order valence-electron chi connectivity index (χ4n) is 2.64. The van der Waals surface area contributed by atoms with Crippen molar-refractivity contribution in [1.82, 2.24) is 4.98 Å². The Morgan fingerprint density at radius 1 is 1.27 bits per heavy atom. The fraction of sp³-hybridized carbons (Fsp3) is 0.312. The third kappa shape index (κ3) is 2.68. The van der Waals surface area contributed by atoms with E-state index in [1.165, 1.54) is 12.0 Å². The molecule has 1 aromatic heterocycles. The topological polar surface area (TPSA) is 51.4 Å². The second-order valence-corrected chi connectivity index (χ2v) is 5.34. The van der Waals surface area contributed by atoms with E-state index in [0.29, 0.717) is 17.4 Å². The van der Waals surface area contributed by atoms with Gasteiger partial charge in [0, 0.05) is 24.6 Å². The van der Waals surface area contributed by atoms with Crippen LogP contribution in [0.5, 0.6) is 5.88 Å². The first-order chi connectivity index (χ1) is 10.5. The summed E-state index contributed by atoms with van der Waals surface area (Å²) >= 11 is 0. The van der Waals surface area contributed by atoms with Crippen LogP contribution < -0.4 is 15.4 Å². The Morgan fingerprint density at radius 2 is 2.00 bits per heavy atom. The summed E-state index contributed by atoms with van der Waals surface area (Å²) in [7, 11) is 1.50. The van der Waals surface area contributed by atoms with E-state index in [0.717, 1.165) is 11.1 Å². The average Bonchev–Trinajstić information content (AvgIpc) is 2.88. The fourth-order valence-corrected chi connectivity index (χ4v) is 2.64. The molecule has 1 aliphatic rings. The molecule has 0 amide bonds. The number of rotatable bonds is 3. The second kappa shape index (κ2) is 5.44. The smallest absolute Gasteiger partial charge is 0.266 e. The molecule has 0 atom stereocenters. The van der Waals surface area contributed by atoms with Crippen LogP contribution in [0.25, 0.3) is 11.1 Å². The van der Waals surface area contributed by atoms with E-state index >= 15 is 0 Å². The Morgan fingerprint density at radius 3 is 2.59 bits per heavy atom. The number of nitrogen functional groups attached to an aromatic ring is 1. The molecule has 1 aliphatic heterocycles. The molecule has 0 aliphatic carbocycles. The van der Waals surface area contributed by atoms with Crippen LogP contribution in [0.15, 0.2) is 36.4 Å². The highest BCUT2D eigenvalue weighted by Crippen LogP contribution is 2.39. The van der Waals surface area contributed by atoms with Crippen LogP contribution in [-0.2, 0) is 0 Å². The highest BCUT2D eigenvalue weighted by Gasteiger charge is 2.39. The van der Waals surface area contributed by atoms with Crippen LogP contribution in [0.3, 0.4) is 0 Å². The molecule has 1 aromatic carbocycles. The molecule has 2 aromatic rings. The monoisotopic (exact) mass is 305 g/mol. The third-order valence-electron chi connectivity index (χ3n) is 3.78. The van der Waals surface area contributed by atoms with Crippen molar-refractivity contribution in [2.75, 3.05) is 30.8 Å². The van der Waals surface area contributed by atoms with E-state index < -0.39 is 5.92 Å². The molecule has 2 N–H and O–H groups in total. The van der Waals surface area contributed by atoms with Gasteiger partial charge in [0.1, 0.15) is 0 Å². The lowest BCUT2D eigenvalue weighted by Gasteiger charge is -2.21. The summed E-state index contributed by atoms with van der Waals surface area (Å²) in [6.07, 6.45) is -0.188. The summed E-state index contributed by atoms with van der Waals surface area (Å²) < 4.78 is 32.2. The van der Waals surface area contributed by atoms with Gasteiger partial charge in [0.25, 0.3) is 5.92 Å². The minimum absolute atomic E-state index is 0.188. The van der Waals surface area contributed by atoms with Gasteiger partial charge in [0.05, 0.1) is 19.3 Å². The summed E-state index contributed by atoms with van der Waals surface area (Å²) in [5.41, 5.74) is 8.23. The molecule has 0 bridgehead atoms. The van der Waals surface area contributed by atoms with Gasteiger partial charge in [0.2, 0.25) is 5.88 Å². The largest absolute Gasteiger partial charge is 0.481 e. The molecule has 116 valence electrons. The lowest BCUT2D eigenvalue weighted by Crippen LogP contribution is -2.26. The highest BCUT2D eigenvalue weighted by atomic mass is 19.3. The average molecular weight is 305 g/mol. The summed E-state index contributed by atoms with van der Waals surface area (Å²) in [6.45, 7) is -0.142. The van der Waals surface area contributed by atoms with E-state index in [-0.39, 0.29) is 19.5 Å². The van der Waals surface area contributed by atoms with Gasteiger partial charge in [-0.05, 0) is 5.56 Å². The molecule has 0 spiro atoms. The van der Waals surface area contributed by atoms with E-state index in [2.05, 4.69) is 4.98 Å². The zero-order valence-electron chi connectivity index (χ0n) is 12.2. The Labute approximate surface area is 127 Å². The Hall–Kier alpha value is -2.37. The maximum Gasteiger partial charge on any atom is 0.266 e. The summed E-state index contributed by atoms with van der Waals surface area (Å²) in [4.78, 5) is 5.79. The van der Waals surface area contributed by atoms with Gasteiger partial charge in [-0.3, -0.25) is 0 Å². The van der Waals surface area contributed by atoms with Gasteiger partial charge in [-0.25, -0.2) is 8.78 Å². The number of aromatic nitrogens is 1. The van der Waals surface area contributed by atoms with Gasteiger partial charge in [-0.1, -0.05) is 30.3 Å². The van der Waals surface area contributed by atoms with Crippen LogP contribution in [0.4, 0.5) is 20.3 Å². The lowest BCUT2D eigenvalue weighted by atomic mass is 10.0. The normalized spacial score (nSPS) is 16.8. The van der Waals surface area contributed by atoms with Crippen molar-refractivity contribution in [3.05, 3.63) is 36.4 Å². The van der Waals surface area contributed by atoms with Crippen LogP contribution >= 0.6 is 0 Å². The van der Waals surface area contributed by atoms with Gasteiger partial charge < -0.3 is 15.4 Å². The van der Waals surface area contributed by atoms with E-state index in [1.807, 2.05) is 30.3 Å².